The van der Waals surface area contributed by atoms with Gasteiger partial charge in [0, 0.05) is 0 Å². The van der Waals surface area contributed by atoms with Crippen LogP contribution in [0.3, 0.4) is 0 Å². The Morgan fingerprint density at radius 1 is 0.750 bits per heavy atom. The fraction of sp³-hybridized carbons (Fsp3) is 0. The summed E-state index contributed by atoms with van der Waals surface area (Å²) in [7, 11) is 0. The Labute approximate surface area is 147 Å². The average Bonchev–Trinajstić information content (AvgIpc) is 2.94. The number of hydrogen-bond donors (Lipinski definition) is 0. The van der Waals surface area contributed by atoms with Gasteiger partial charge in [-0.15, -0.1) is 0 Å². The minimum absolute atomic E-state index is 0.408. The van der Waals surface area contributed by atoms with Crippen molar-refractivity contribution in [2.45, 2.75) is 0 Å². The maximum atomic E-state index is 5.05. The molecule has 6 aromatic rings. The first kappa shape index (κ1) is 13.1. The van der Waals surface area contributed by atoms with Crippen molar-refractivity contribution in [3.63, 3.8) is 0 Å². The third kappa shape index (κ3) is 1.67. The van der Waals surface area contributed by atoms with Gasteiger partial charge in [-0.3, -0.25) is 0 Å². The van der Waals surface area contributed by atoms with E-state index in [1.807, 2.05) is 11.3 Å². The van der Waals surface area contributed by atoms with E-state index in [4.69, 9.17) is 4.98 Å². The van der Waals surface area contributed by atoms with Crippen LogP contribution >= 0.6 is 11.3 Å². The number of rotatable bonds is 0. The molecule has 0 atom stereocenters. The molecule has 0 amide bonds. The van der Waals surface area contributed by atoms with Crippen LogP contribution in [0.4, 0.5) is 0 Å². The summed E-state index contributed by atoms with van der Waals surface area (Å²) in [5, 5.41) is 5.39. The van der Waals surface area contributed by atoms with Crippen LogP contribution in [0.2, 0.25) is 0 Å². The van der Waals surface area contributed by atoms with E-state index >= 15 is 0 Å². The Hall–Kier alpha value is -2.19. The van der Waals surface area contributed by atoms with Crippen molar-refractivity contribution in [1.29, 1.82) is 0 Å². The second-order valence-electron chi connectivity index (χ2n) is 6.04. The molecular formula is C21H11NSSe. The molecule has 3 aromatic heterocycles. The van der Waals surface area contributed by atoms with Gasteiger partial charge >= 0.3 is 148 Å². The summed E-state index contributed by atoms with van der Waals surface area (Å²) < 4.78 is 5.63. The van der Waals surface area contributed by atoms with Gasteiger partial charge in [-0.05, 0) is 0 Å². The van der Waals surface area contributed by atoms with Crippen LogP contribution in [0.25, 0.3) is 50.5 Å². The summed E-state index contributed by atoms with van der Waals surface area (Å²) in [6.07, 6.45) is 0. The molecule has 0 bridgehead atoms. The van der Waals surface area contributed by atoms with Crippen molar-refractivity contribution in [3.8, 4) is 0 Å². The molecule has 0 fully saturated rings. The number of para-hydroxylation sites is 1. The molecule has 24 heavy (non-hydrogen) atoms. The third-order valence-electron chi connectivity index (χ3n) is 4.65. The van der Waals surface area contributed by atoms with E-state index < -0.39 is 0 Å². The Morgan fingerprint density at radius 2 is 1.58 bits per heavy atom. The van der Waals surface area contributed by atoms with E-state index in [0.29, 0.717) is 14.5 Å². The van der Waals surface area contributed by atoms with Crippen LogP contribution in [0.5, 0.6) is 0 Å². The van der Waals surface area contributed by atoms with Crippen LogP contribution in [0, 0.1) is 0 Å². The first-order valence-electron chi connectivity index (χ1n) is 7.91. The number of nitrogens with zero attached hydrogens (tertiary/aromatic N) is 1. The standard InChI is InChI=1S/C21H11NSSe/c1-2-7-14-12(5-1)11-16-21(22-14)13-6-3-9-17-19(13)20-15(23-16)8-4-10-18(20)24-17/h1-11H. The van der Waals surface area contributed by atoms with Crippen molar-refractivity contribution in [3.05, 3.63) is 66.7 Å². The van der Waals surface area contributed by atoms with Crippen molar-refractivity contribution < 1.29 is 0 Å². The molecule has 3 heteroatoms. The van der Waals surface area contributed by atoms with Gasteiger partial charge < -0.3 is 0 Å². The topological polar surface area (TPSA) is 12.9 Å². The number of benzene rings is 3. The molecule has 3 aromatic carbocycles. The summed E-state index contributed by atoms with van der Waals surface area (Å²) in [5.41, 5.74) is 2.21. The Morgan fingerprint density at radius 3 is 2.54 bits per heavy atom. The Bertz CT molecular complexity index is 1410. The molecule has 0 radical (unpaired) electrons. The van der Waals surface area contributed by atoms with E-state index in [1.54, 1.807) is 0 Å². The van der Waals surface area contributed by atoms with Gasteiger partial charge in [0.2, 0.25) is 0 Å². The number of aromatic nitrogens is 1. The second kappa shape index (κ2) is 4.67. The summed E-state index contributed by atoms with van der Waals surface area (Å²) in [6, 6.07) is 24.2. The number of fused-ring (bicyclic) bond motifs is 3. The van der Waals surface area contributed by atoms with Gasteiger partial charge in [0.05, 0.1) is 0 Å². The molecule has 112 valence electrons. The molecule has 6 rings (SSSR count). The van der Waals surface area contributed by atoms with Gasteiger partial charge in [0.1, 0.15) is 0 Å². The van der Waals surface area contributed by atoms with Crippen molar-refractivity contribution in [2.75, 3.05) is 0 Å². The van der Waals surface area contributed by atoms with E-state index in [2.05, 4.69) is 66.7 Å². The van der Waals surface area contributed by atoms with Gasteiger partial charge in [-0.1, -0.05) is 0 Å². The van der Waals surface area contributed by atoms with Gasteiger partial charge in [-0.2, -0.15) is 0 Å². The van der Waals surface area contributed by atoms with Gasteiger partial charge in [0.15, 0.2) is 0 Å². The summed E-state index contributed by atoms with van der Waals surface area (Å²) in [6.45, 7) is 0. The molecule has 0 aliphatic heterocycles. The zero-order valence-corrected chi connectivity index (χ0v) is 15.1. The molecule has 0 saturated heterocycles. The summed E-state index contributed by atoms with van der Waals surface area (Å²) in [4.78, 5) is 5.05. The zero-order chi connectivity index (χ0) is 15.7. The second-order valence-corrected chi connectivity index (χ2v) is 9.40. The number of hydrogen-bond acceptors (Lipinski definition) is 2. The zero-order valence-electron chi connectivity index (χ0n) is 12.6. The van der Waals surface area contributed by atoms with Crippen LogP contribution in [-0.4, -0.2) is 19.5 Å². The predicted molar refractivity (Wildman–Crippen MR) is 107 cm³/mol. The van der Waals surface area contributed by atoms with Crippen LogP contribution in [0.1, 0.15) is 0 Å². The third-order valence-corrected chi connectivity index (χ3v) is 8.09. The van der Waals surface area contributed by atoms with Crippen LogP contribution < -0.4 is 0 Å². The SMILES string of the molecule is c1ccc2nc3c(cc2c1)sc1cccc2[se]c4cccc3c4c12. The van der Waals surface area contributed by atoms with E-state index in [9.17, 15) is 0 Å². The summed E-state index contributed by atoms with van der Waals surface area (Å²) >= 11 is 2.28. The number of pyridine rings is 1. The average molecular weight is 388 g/mol. The first-order chi connectivity index (χ1) is 11.9. The van der Waals surface area contributed by atoms with Crippen molar-refractivity contribution in [2.24, 2.45) is 0 Å². The molecule has 0 spiro atoms. The first-order valence-corrected chi connectivity index (χ1v) is 10.4. The van der Waals surface area contributed by atoms with E-state index in [1.165, 1.54) is 39.5 Å². The molecule has 0 unspecified atom stereocenters. The van der Waals surface area contributed by atoms with Gasteiger partial charge in [-0.25, -0.2) is 0 Å². The summed E-state index contributed by atoms with van der Waals surface area (Å²) in [5.74, 6) is 0. The Balaban J connectivity index is 2.04. The molecule has 3 heterocycles. The van der Waals surface area contributed by atoms with Crippen LogP contribution in [0.15, 0.2) is 66.7 Å². The molecule has 0 aliphatic rings. The monoisotopic (exact) mass is 389 g/mol. The van der Waals surface area contributed by atoms with E-state index in [-0.39, 0.29) is 0 Å². The minimum atomic E-state index is 0.408. The molecule has 0 N–H and O–H groups in total. The molecular weight excluding hydrogens is 377 g/mol. The van der Waals surface area contributed by atoms with Gasteiger partial charge in [0.25, 0.3) is 0 Å². The Kier molecular flexibility index (Phi) is 2.56. The molecule has 0 saturated carbocycles. The van der Waals surface area contributed by atoms with E-state index in [0.717, 1.165) is 11.0 Å². The predicted octanol–water partition coefficient (Wildman–Crippen LogP) is 5.97. The quantitative estimate of drug-likeness (QED) is 0.292. The fourth-order valence-corrected chi connectivity index (χ4v) is 7.31. The normalized spacial score (nSPS) is 12.2. The molecule has 1 nitrogen and oxygen atoms in total. The molecule has 0 aliphatic carbocycles. The van der Waals surface area contributed by atoms with Crippen LogP contribution in [-0.2, 0) is 0 Å². The maximum absolute atomic E-state index is 5.05. The fourth-order valence-electron chi connectivity index (χ4n) is 3.60. The van der Waals surface area contributed by atoms with Crippen molar-refractivity contribution in [1.82, 2.24) is 4.98 Å². The van der Waals surface area contributed by atoms with Crippen molar-refractivity contribution >= 4 is 76.3 Å².